The Kier molecular flexibility index (Phi) is 5.31. The number of alkyl halides is 3. The van der Waals surface area contributed by atoms with Gasteiger partial charge in [-0.05, 0) is 41.0 Å². The van der Waals surface area contributed by atoms with Gasteiger partial charge in [0.15, 0.2) is 0 Å². The van der Waals surface area contributed by atoms with Crippen LogP contribution in [-0.2, 0) is 17.9 Å². The third-order valence-electron chi connectivity index (χ3n) is 4.78. The van der Waals surface area contributed by atoms with Crippen LogP contribution in [0.2, 0.25) is 0 Å². The molecule has 0 amide bonds. The zero-order valence-corrected chi connectivity index (χ0v) is 15.8. The van der Waals surface area contributed by atoms with E-state index in [4.69, 9.17) is 0 Å². The molecule has 0 aliphatic carbocycles. The minimum Gasteiger partial charge on any atom is -0.350 e. The molecule has 6 nitrogen and oxygen atoms in total. The Morgan fingerprint density at radius 2 is 1.83 bits per heavy atom. The third-order valence-corrected chi connectivity index (χ3v) is 4.78. The molecule has 2 N–H and O–H groups in total. The van der Waals surface area contributed by atoms with Crippen molar-refractivity contribution in [1.82, 2.24) is 15.1 Å². The second-order valence-corrected chi connectivity index (χ2v) is 7.01. The van der Waals surface area contributed by atoms with Crippen LogP contribution in [0.25, 0.3) is 5.69 Å². The number of benzene rings is 2. The molecule has 4 rings (SSSR count). The number of halogens is 3. The first-order valence-corrected chi connectivity index (χ1v) is 9.27. The van der Waals surface area contributed by atoms with Gasteiger partial charge in [-0.15, -0.1) is 0 Å². The van der Waals surface area contributed by atoms with Crippen LogP contribution in [0.4, 0.5) is 13.2 Å². The molecule has 0 fully saturated rings. The molecular formula is C21H19F3N4O2. The summed E-state index contributed by atoms with van der Waals surface area (Å²) in [7, 11) is 0. The number of rotatable bonds is 6. The standard InChI is InChI=1S/C21H19F3N4O2/c22-21(23,24)20(29)12-19(27-30-20)17-4-1-3-16(11-17)14-25-13-15-5-7-18(8-6-15)28-10-2-9-26-28/h1-11,25,29H,12-14H2. The van der Waals surface area contributed by atoms with Gasteiger partial charge in [-0.25, -0.2) is 4.68 Å². The van der Waals surface area contributed by atoms with Gasteiger partial charge in [0.1, 0.15) is 0 Å². The zero-order valence-electron chi connectivity index (χ0n) is 15.8. The van der Waals surface area contributed by atoms with Crippen molar-refractivity contribution in [1.29, 1.82) is 0 Å². The Labute approximate surface area is 170 Å². The first-order valence-electron chi connectivity index (χ1n) is 9.27. The Morgan fingerprint density at radius 3 is 2.50 bits per heavy atom. The fourth-order valence-corrected chi connectivity index (χ4v) is 3.13. The molecule has 1 aliphatic rings. The van der Waals surface area contributed by atoms with E-state index in [1.807, 2.05) is 42.6 Å². The third kappa shape index (κ3) is 4.22. The summed E-state index contributed by atoms with van der Waals surface area (Å²) < 4.78 is 40.4. The lowest BCUT2D eigenvalue weighted by Gasteiger charge is -2.22. The van der Waals surface area contributed by atoms with Crippen LogP contribution in [-0.4, -0.2) is 32.6 Å². The van der Waals surface area contributed by atoms with Crippen LogP contribution in [0.5, 0.6) is 0 Å². The summed E-state index contributed by atoms with van der Waals surface area (Å²) in [5.41, 5.74) is 3.48. The van der Waals surface area contributed by atoms with Crippen molar-refractivity contribution < 1.29 is 23.1 Å². The van der Waals surface area contributed by atoms with E-state index in [0.717, 1.165) is 16.8 Å². The Balaban J connectivity index is 1.34. The van der Waals surface area contributed by atoms with Crippen LogP contribution in [0.1, 0.15) is 23.1 Å². The van der Waals surface area contributed by atoms with Crippen molar-refractivity contribution in [2.24, 2.45) is 5.16 Å². The van der Waals surface area contributed by atoms with Crippen molar-refractivity contribution in [3.05, 3.63) is 83.7 Å². The lowest BCUT2D eigenvalue weighted by atomic mass is 10.0. The van der Waals surface area contributed by atoms with Crippen LogP contribution in [0, 0.1) is 0 Å². The summed E-state index contributed by atoms with van der Waals surface area (Å²) in [4.78, 5) is 4.28. The smallest absolute Gasteiger partial charge is 0.350 e. The summed E-state index contributed by atoms with van der Waals surface area (Å²) in [6.45, 7) is 1.15. The van der Waals surface area contributed by atoms with Gasteiger partial charge in [0.2, 0.25) is 0 Å². The maximum absolute atomic E-state index is 12.9. The predicted octanol–water partition coefficient (Wildman–Crippen LogP) is 3.54. The van der Waals surface area contributed by atoms with E-state index in [-0.39, 0.29) is 5.71 Å². The van der Waals surface area contributed by atoms with Gasteiger partial charge in [-0.1, -0.05) is 35.5 Å². The molecule has 0 saturated heterocycles. The minimum absolute atomic E-state index is 0.0610. The van der Waals surface area contributed by atoms with E-state index in [2.05, 4.69) is 20.4 Å². The van der Waals surface area contributed by atoms with Crippen molar-refractivity contribution in [2.45, 2.75) is 31.5 Å². The SMILES string of the molecule is OC1(C(F)(F)F)CC(c2cccc(CNCc3ccc(-n4cccn4)cc3)c2)=NO1. The molecule has 1 aliphatic heterocycles. The summed E-state index contributed by atoms with van der Waals surface area (Å²) in [6, 6.07) is 16.8. The van der Waals surface area contributed by atoms with Gasteiger partial charge in [-0.3, -0.25) is 0 Å². The number of nitrogens with zero attached hydrogens (tertiary/aromatic N) is 3. The molecule has 3 aromatic rings. The molecule has 2 heterocycles. The van der Waals surface area contributed by atoms with Gasteiger partial charge in [0.25, 0.3) is 0 Å². The normalized spacial score (nSPS) is 18.9. The highest BCUT2D eigenvalue weighted by Gasteiger charge is 2.60. The molecular weight excluding hydrogens is 397 g/mol. The number of aliphatic hydroxyl groups is 1. The average Bonchev–Trinajstić information content (AvgIpc) is 3.39. The molecule has 156 valence electrons. The van der Waals surface area contributed by atoms with E-state index in [1.54, 1.807) is 29.1 Å². The summed E-state index contributed by atoms with van der Waals surface area (Å²) >= 11 is 0. The van der Waals surface area contributed by atoms with Crippen LogP contribution in [0.15, 0.2) is 72.1 Å². The maximum atomic E-state index is 12.9. The molecule has 1 aromatic heterocycles. The van der Waals surface area contributed by atoms with Gasteiger partial charge in [-0.2, -0.15) is 18.3 Å². The summed E-state index contributed by atoms with van der Waals surface area (Å²) in [6.07, 6.45) is -2.06. The molecule has 2 aromatic carbocycles. The number of hydrogen-bond acceptors (Lipinski definition) is 5. The highest BCUT2D eigenvalue weighted by molar-refractivity contribution is 6.01. The number of oxime groups is 1. The lowest BCUT2D eigenvalue weighted by molar-refractivity contribution is -0.355. The monoisotopic (exact) mass is 416 g/mol. The topological polar surface area (TPSA) is 71.7 Å². The van der Waals surface area contributed by atoms with Crippen molar-refractivity contribution in [3.8, 4) is 5.69 Å². The van der Waals surface area contributed by atoms with Crippen molar-refractivity contribution in [2.75, 3.05) is 0 Å². The fourth-order valence-electron chi connectivity index (χ4n) is 3.13. The molecule has 1 unspecified atom stereocenters. The summed E-state index contributed by atoms with van der Waals surface area (Å²) in [5, 5.41) is 20.5. The second-order valence-electron chi connectivity index (χ2n) is 7.01. The van der Waals surface area contributed by atoms with E-state index in [0.29, 0.717) is 18.7 Å². The summed E-state index contributed by atoms with van der Waals surface area (Å²) in [5.74, 6) is -3.26. The van der Waals surface area contributed by atoms with Crippen LogP contribution in [0.3, 0.4) is 0 Å². The van der Waals surface area contributed by atoms with Crippen LogP contribution >= 0.6 is 0 Å². The van der Waals surface area contributed by atoms with E-state index in [9.17, 15) is 18.3 Å². The lowest BCUT2D eigenvalue weighted by Crippen LogP contribution is -2.45. The van der Waals surface area contributed by atoms with Crippen molar-refractivity contribution in [3.63, 3.8) is 0 Å². The highest BCUT2D eigenvalue weighted by atomic mass is 19.4. The Hall–Kier alpha value is -3.17. The van der Waals surface area contributed by atoms with Gasteiger partial charge < -0.3 is 15.3 Å². The van der Waals surface area contributed by atoms with E-state index >= 15 is 0 Å². The predicted molar refractivity (Wildman–Crippen MR) is 104 cm³/mol. The quantitative estimate of drug-likeness (QED) is 0.645. The molecule has 0 radical (unpaired) electrons. The van der Waals surface area contributed by atoms with Crippen LogP contribution < -0.4 is 5.32 Å². The Bertz CT molecular complexity index is 1030. The highest BCUT2D eigenvalue weighted by Crippen LogP contribution is 2.38. The maximum Gasteiger partial charge on any atom is 0.458 e. The second kappa shape index (κ2) is 7.92. The first-order chi connectivity index (χ1) is 14.3. The number of nitrogens with one attached hydrogen (secondary N) is 1. The molecule has 0 saturated carbocycles. The largest absolute Gasteiger partial charge is 0.458 e. The van der Waals surface area contributed by atoms with Gasteiger partial charge in [0.05, 0.1) is 17.8 Å². The first kappa shape index (κ1) is 20.1. The van der Waals surface area contributed by atoms with E-state index in [1.165, 1.54) is 0 Å². The molecule has 0 bridgehead atoms. The molecule has 0 spiro atoms. The molecule has 9 heteroatoms. The zero-order chi connectivity index (χ0) is 21.2. The molecule has 1 atom stereocenters. The average molecular weight is 416 g/mol. The number of aromatic nitrogens is 2. The number of hydrogen-bond donors (Lipinski definition) is 2. The van der Waals surface area contributed by atoms with Gasteiger partial charge >= 0.3 is 12.0 Å². The Morgan fingerprint density at radius 1 is 1.07 bits per heavy atom. The molecule has 30 heavy (non-hydrogen) atoms. The van der Waals surface area contributed by atoms with Crippen molar-refractivity contribution >= 4 is 5.71 Å². The van der Waals surface area contributed by atoms with E-state index < -0.39 is 18.4 Å². The fraction of sp³-hybridized carbons (Fsp3) is 0.238. The minimum atomic E-state index is -4.91. The van der Waals surface area contributed by atoms with Gasteiger partial charge in [0, 0.05) is 25.5 Å².